The van der Waals surface area contributed by atoms with E-state index in [-0.39, 0.29) is 23.2 Å². The molecule has 23 heavy (non-hydrogen) atoms. The van der Waals surface area contributed by atoms with Crippen LogP contribution in [0.3, 0.4) is 0 Å². The fraction of sp³-hybridized carbons (Fsp3) is 0.750. The molecule has 0 radical (unpaired) electrons. The highest BCUT2D eigenvalue weighted by Gasteiger charge is 2.45. The van der Waals surface area contributed by atoms with Gasteiger partial charge in [-0.15, -0.1) is 0 Å². The van der Waals surface area contributed by atoms with E-state index in [0.29, 0.717) is 25.7 Å². The van der Waals surface area contributed by atoms with Gasteiger partial charge < -0.3 is 9.42 Å². The van der Waals surface area contributed by atoms with Crippen LogP contribution in [0.5, 0.6) is 0 Å². The van der Waals surface area contributed by atoms with Crippen LogP contribution in [-0.2, 0) is 21.1 Å². The van der Waals surface area contributed by atoms with Crippen LogP contribution in [0.1, 0.15) is 49.1 Å². The number of aromatic nitrogens is 1. The predicted molar refractivity (Wildman–Crippen MR) is 85.8 cm³/mol. The Kier molecular flexibility index (Phi) is 4.25. The number of sulfone groups is 1. The average molecular weight is 340 g/mol. The van der Waals surface area contributed by atoms with Gasteiger partial charge in [0.25, 0.3) is 0 Å². The number of carbonyl (C=O) groups is 1. The second-order valence-electron chi connectivity index (χ2n) is 6.91. The first-order chi connectivity index (χ1) is 10.8. The lowest BCUT2D eigenvalue weighted by molar-refractivity contribution is -0.135. The molecular weight excluding hydrogens is 316 g/mol. The third-order valence-electron chi connectivity index (χ3n) is 5.35. The summed E-state index contributed by atoms with van der Waals surface area (Å²) < 4.78 is 28.8. The molecule has 0 saturated carbocycles. The van der Waals surface area contributed by atoms with Crippen molar-refractivity contribution < 1.29 is 17.7 Å². The zero-order valence-corrected chi connectivity index (χ0v) is 14.7. The van der Waals surface area contributed by atoms with Crippen LogP contribution in [-0.4, -0.2) is 48.0 Å². The molecule has 128 valence electrons. The molecule has 2 unspecified atom stereocenters. The summed E-state index contributed by atoms with van der Waals surface area (Å²) in [5.41, 5.74) is 1.85. The summed E-state index contributed by atoms with van der Waals surface area (Å²) in [6.45, 7) is 3.75. The summed E-state index contributed by atoms with van der Waals surface area (Å²) in [7, 11) is -3.02. The smallest absolute Gasteiger partial charge is 0.223 e. The minimum absolute atomic E-state index is 0.0886. The number of nitrogens with zero attached hydrogens (tertiary/aromatic N) is 2. The second kappa shape index (κ2) is 5.92. The number of rotatable bonds is 4. The van der Waals surface area contributed by atoms with Crippen LogP contribution in [0.2, 0.25) is 0 Å². The SMILES string of the molecule is Cc1noc(C)c1CCC(=O)N1C2CCC1CC(S(C)(=O)=O)C2. The molecule has 3 rings (SSSR count). The van der Waals surface area contributed by atoms with E-state index in [1.807, 2.05) is 18.7 Å². The molecule has 0 aliphatic carbocycles. The molecule has 1 aromatic heterocycles. The van der Waals surface area contributed by atoms with Gasteiger partial charge >= 0.3 is 0 Å². The number of aryl methyl sites for hydroxylation is 2. The minimum Gasteiger partial charge on any atom is -0.361 e. The van der Waals surface area contributed by atoms with E-state index in [9.17, 15) is 13.2 Å². The molecule has 2 bridgehead atoms. The lowest BCUT2D eigenvalue weighted by atomic mass is 10.0. The fourth-order valence-electron chi connectivity index (χ4n) is 4.10. The molecule has 0 spiro atoms. The minimum atomic E-state index is -3.02. The Bertz CT molecular complexity index is 676. The first kappa shape index (κ1) is 16.5. The Morgan fingerprint density at radius 1 is 1.26 bits per heavy atom. The van der Waals surface area contributed by atoms with Crippen molar-refractivity contribution in [1.82, 2.24) is 10.1 Å². The third-order valence-corrected chi connectivity index (χ3v) is 6.95. The highest BCUT2D eigenvalue weighted by atomic mass is 32.2. The molecule has 2 saturated heterocycles. The van der Waals surface area contributed by atoms with Crippen molar-refractivity contribution in [2.75, 3.05) is 6.26 Å². The number of carbonyl (C=O) groups excluding carboxylic acids is 1. The van der Waals surface area contributed by atoms with E-state index in [4.69, 9.17) is 4.52 Å². The molecule has 3 heterocycles. The lowest BCUT2D eigenvalue weighted by Gasteiger charge is -2.38. The van der Waals surface area contributed by atoms with Crippen molar-refractivity contribution >= 4 is 15.7 Å². The molecule has 6 nitrogen and oxygen atoms in total. The summed E-state index contributed by atoms with van der Waals surface area (Å²) in [5, 5.41) is 3.63. The van der Waals surface area contributed by atoms with E-state index < -0.39 is 9.84 Å². The number of hydrogen-bond acceptors (Lipinski definition) is 5. The zero-order chi connectivity index (χ0) is 16.8. The van der Waals surface area contributed by atoms with Gasteiger partial charge in [-0.1, -0.05) is 5.16 Å². The monoisotopic (exact) mass is 340 g/mol. The maximum absolute atomic E-state index is 12.7. The van der Waals surface area contributed by atoms with Crippen molar-refractivity contribution in [1.29, 1.82) is 0 Å². The van der Waals surface area contributed by atoms with Gasteiger partial charge in [-0.2, -0.15) is 0 Å². The maximum Gasteiger partial charge on any atom is 0.223 e. The van der Waals surface area contributed by atoms with Crippen LogP contribution in [0.25, 0.3) is 0 Å². The predicted octanol–water partition coefficient (Wildman–Crippen LogP) is 1.79. The molecule has 2 aliphatic heterocycles. The maximum atomic E-state index is 12.7. The van der Waals surface area contributed by atoms with Gasteiger partial charge in [-0.25, -0.2) is 8.42 Å². The zero-order valence-electron chi connectivity index (χ0n) is 13.9. The van der Waals surface area contributed by atoms with Crippen molar-refractivity contribution in [3.63, 3.8) is 0 Å². The van der Waals surface area contributed by atoms with Crippen LogP contribution < -0.4 is 0 Å². The molecule has 0 aromatic carbocycles. The number of amides is 1. The number of fused-ring (bicyclic) bond motifs is 2. The van der Waals surface area contributed by atoms with Crippen molar-refractivity contribution in [2.45, 2.75) is 69.7 Å². The Hall–Kier alpha value is -1.37. The number of piperidine rings is 1. The molecule has 7 heteroatoms. The quantitative estimate of drug-likeness (QED) is 0.835. The largest absolute Gasteiger partial charge is 0.361 e. The van der Waals surface area contributed by atoms with Crippen molar-refractivity contribution in [2.24, 2.45) is 0 Å². The summed E-state index contributed by atoms with van der Waals surface area (Å²) in [4.78, 5) is 14.6. The van der Waals surface area contributed by atoms with Crippen LogP contribution in [0, 0.1) is 13.8 Å². The topological polar surface area (TPSA) is 80.5 Å². The molecule has 2 fully saturated rings. The second-order valence-corrected chi connectivity index (χ2v) is 9.24. The van der Waals surface area contributed by atoms with Crippen LogP contribution in [0.15, 0.2) is 4.52 Å². The lowest BCUT2D eigenvalue weighted by Crippen LogP contribution is -2.49. The Labute approximate surface area is 137 Å². The first-order valence-corrected chi connectivity index (χ1v) is 10.1. The third kappa shape index (κ3) is 3.16. The normalized spacial score (nSPS) is 27.4. The standard InChI is InChI=1S/C16H24N2O4S/c1-10-15(11(2)22-17-10)6-7-16(19)18-12-4-5-13(18)9-14(8-12)23(3,20)21/h12-14H,4-9H2,1-3H3. The van der Waals surface area contributed by atoms with E-state index in [0.717, 1.165) is 29.9 Å². The van der Waals surface area contributed by atoms with Gasteiger partial charge in [0.05, 0.1) is 10.9 Å². The average Bonchev–Trinajstić information content (AvgIpc) is 2.92. The fourth-order valence-corrected chi connectivity index (χ4v) is 5.25. The van der Waals surface area contributed by atoms with Crippen LogP contribution in [0.4, 0.5) is 0 Å². The van der Waals surface area contributed by atoms with E-state index >= 15 is 0 Å². The van der Waals surface area contributed by atoms with Gasteiger partial charge in [-0.3, -0.25) is 4.79 Å². The Morgan fingerprint density at radius 3 is 2.35 bits per heavy atom. The highest BCUT2D eigenvalue weighted by molar-refractivity contribution is 7.91. The van der Waals surface area contributed by atoms with E-state index in [2.05, 4.69) is 5.16 Å². The Morgan fingerprint density at radius 2 is 1.87 bits per heavy atom. The van der Waals surface area contributed by atoms with Gasteiger partial charge in [0.2, 0.25) is 5.91 Å². The Balaban J connectivity index is 1.65. The molecule has 2 atom stereocenters. The van der Waals surface area contributed by atoms with Gasteiger partial charge in [0.1, 0.15) is 15.6 Å². The summed E-state index contributed by atoms with van der Waals surface area (Å²) in [6.07, 6.45) is 5.40. The van der Waals surface area contributed by atoms with Crippen LogP contribution >= 0.6 is 0 Å². The van der Waals surface area contributed by atoms with Gasteiger partial charge in [0.15, 0.2) is 0 Å². The summed E-state index contributed by atoms with van der Waals surface area (Å²) in [5.74, 6) is 0.901. The molecule has 1 aromatic rings. The highest BCUT2D eigenvalue weighted by Crippen LogP contribution is 2.38. The molecule has 0 N–H and O–H groups in total. The van der Waals surface area contributed by atoms with Crippen molar-refractivity contribution in [3.05, 3.63) is 17.0 Å². The first-order valence-electron chi connectivity index (χ1n) is 8.19. The van der Waals surface area contributed by atoms with Gasteiger partial charge in [0, 0.05) is 30.3 Å². The molecule has 1 amide bonds. The van der Waals surface area contributed by atoms with E-state index in [1.165, 1.54) is 6.26 Å². The van der Waals surface area contributed by atoms with Gasteiger partial charge in [-0.05, 0) is 46.0 Å². The van der Waals surface area contributed by atoms with Crippen molar-refractivity contribution in [3.8, 4) is 0 Å². The number of hydrogen-bond donors (Lipinski definition) is 0. The summed E-state index contributed by atoms with van der Waals surface area (Å²) in [6, 6.07) is 0.177. The summed E-state index contributed by atoms with van der Waals surface area (Å²) >= 11 is 0. The molecule has 2 aliphatic rings. The van der Waals surface area contributed by atoms with E-state index in [1.54, 1.807) is 0 Å². The molecular formula is C16H24N2O4S.